The number of hydrogen-bond acceptors (Lipinski definition) is 4. The molecule has 27 heavy (non-hydrogen) atoms. The molecule has 1 aromatic heterocycles. The van der Waals surface area contributed by atoms with Gasteiger partial charge in [0.1, 0.15) is 11.3 Å². The zero-order chi connectivity index (χ0) is 19.2. The number of pyridine rings is 1. The number of nitrogens with zero attached hydrogens (tertiary/aromatic N) is 2. The molecule has 2 aromatic carbocycles. The molecule has 0 saturated carbocycles. The topological polar surface area (TPSA) is 83.7 Å². The summed E-state index contributed by atoms with van der Waals surface area (Å²) in [6.07, 6.45) is 3.18. The van der Waals surface area contributed by atoms with Crippen molar-refractivity contribution in [3.8, 4) is 5.75 Å². The van der Waals surface area contributed by atoms with E-state index in [0.717, 1.165) is 18.4 Å². The van der Waals surface area contributed by atoms with Gasteiger partial charge in [0, 0.05) is 11.9 Å². The minimum absolute atomic E-state index is 0.296. The molecule has 0 radical (unpaired) electrons. The van der Waals surface area contributed by atoms with Crippen LogP contribution in [0.5, 0.6) is 5.75 Å². The molecule has 0 aliphatic carbocycles. The summed E-state index contributed by atoms with van der Waals surface area (Å²) < 4.78 is 1.54. The van der Waals surface area contributed by atoms with Crippen molar-refractivity contribution in [1.29, 1.82) is 0 Å². The molecule has 1 heterocycles. The number of aromatic nitrogens is 1. The molecule has 0 saturated heterocycles. The normalized spacial score (nSPS) is 11.1. The minimum atomic E-state index is -0.735. The summed E-state index contributed by atoms with van der Waals surface area (Å²) in [4.78, 5) is 25.4. The van der Waals surface area contributed by atoms with Gasteiger partial charge in [-0.2, -0.15) is 5.10 Å². The third-order valence-corrected chi connectivity index (χ3v) is 4.29. The Morgan fingerprint density at radius 3 is 2.59 bits per heavy atom. The average Bonchev–Trinajstić information content (AvgIpc) is 2.69. The van der Waals surface area contributed by atoms with Crippen LogP contribution in [0.25, 0.3) is 10.9 Å². The Labute approximate surface area is 156 Å². The molecule has 6 heteroatoms. The number of hydrogen-bond donors (Lipinski definition) is 2. The molecule has 0 atom stereocenters. The maximum Gasteiger partial charge on any atom is 0.280 e. The van der Waals surface area contributed by atoms with Crippen LogP contribution in [0.1, 0.15) is 35.7 Å². The first-order valence-corrected chi connectivity index (χ1v) is 8.86. The Morgan fingerprint density at radius 1 is 1.15 bits per heavy atom. The van der Waals surface area contributed by atoms with E-state index in [0.29, 0.717) is 17.4 Å². The van der Waals surface area contributed by atoms with Crippen LogP contribution in [0.2, 0.25) is 0 Å². The van der Waals surface area contributed by atoms with Gasteiger partial charge < -0.3 is 9.67 Å². The van der Waals surface area contributed by atoms with Gasteiger partial charge in [-0.1, -0.05) is 55.8 Å². The number of hydrazone groups is 1. The third kappa shape index (κ3) is 3.89. The number of rotatable bonds is 6. The highest BCUT2D eigenvalue weighted by atomic mass is 16.3. The van der Waals surface area contributed by atoms with E-state index in [1.165, 1.54) is 10.8 Å². The van der Waals surface area contributed by atoms with Gasteiger partial charge in [0.2, 0.25) is 0 Å². The number of nitrogens with one attached hydrogen (secondary N) is 1. The maximum atomic E-state index is 12.9. The van der Waals surface area contributed by atoms with E-state index in [9.17, 15) is 14.7 Å². The molecule has 3 rings (SSSR count). The Hall–Kier alpha value is -3.41. The zero-order valence-corrected chi connectivity index (χ0v) is 15.1. The van der Waals surface area contributed by atoms with Crippen LogP contribution in [-0.2, 0) is 6.54 Å². The first-order valence-electron chi connectivity index (χ1n) is 8.86. The summed E-state index contributed by atoms with van der Waals surface area (Å²) in [5.74, 6) is -1.06. The van der Waals surface area contributed by atoms with Crippen LogP contribution >= 0.6 is 0 Å². The molecule has 0 fully saturated rings. The van der Waals surface area contributed by atoms with Crippen LogP contribution in [0, 0.1) is 0 Å². The number of para-hydroxylation sites is 1. The van der Waals surface area contributed by atoms with Crippen molar-refractivity contribution >= 4 is 23.0 Å². The maximum absolute atomic E-state index is 12.9. The van der Waals surface area contributed by atoms with Crippen molar-refractivity contribution in [3.63, 3.8) is 0 Å². The van der Waals surface area contributed by atoms with E-state index in [2.05, 4.69) is 10.5 Å². The lowest BCUT2D eigenvalue weighted by molar-refractivity contribution is 0.0950. The first-order chi connectivity index (χ1) is 13.1. The van der Waals surface area contributed by atoms with E-state index in [1.54, 1.807) is 24.3 Å². The number of amides is 1. The van der Waals surface area contributed by atoms with E-state index in [4.69, 9.17) is 0 Å². The predicted molar refractivity (Wildman–Crippen MR) is 106 cm³/mol. The largest absolute Gasteiger partial charge is 0.506 e. The average molecular weight is 363 g/mol. The van der Waals surface area contributed by atoms with Crippen LogP contribution in [0.3, 0.4) is 0 Å². The third-order valence-electron chi connectivity index (χ3n) is 4.29. The summed E-state index contributed by atoms with van der Waals surface area (Å²) in [7, 11) is 0. The van der Waals surface area contributed by atoms with Crippen LogP contribution in [0.4, 0.5) is 0 Å². The number of carbonyl (C=O) groups is 1. The second kappa shape index (κ2) is 8.31. The summed E-state index contributed by atoms with van der Waals surface area (Å²) in [6, 6.07) is 16.3. The number of aryl methyl sites for hydroxylation is 1. The molecule has 0 unspecified atom stereocenters. The van der Waals surface area contributed by atoms with Crippen LogP contribution < -0.4 is 11.0 Å². The van der Waals surface area contributed by atoms with Crippen molar-refractivity contribution in [1.82, 2.24) is 9.99 Å². The van der Waals surface area contributed by atoms with E-state index in [-0.39, 0.29) is 11.3 Å². The zero-order valence-electron chi connectivity index (χ0n) is 15.1. The van der Waals surface area contributed by atoms with Crippen molar-refractivity contribution in [2.24, 2.45) is 5.10 Å². The van der Waals surface area contributed by atoms with Gasteiger partial charge >= 0.3 is 0 Å². The summed E-state index contributed by atoms with van der Waals surface area (Å²) in [5, 5.41) is 14.9. The molecular formula is C21H21N3O3. The van der Waals surface area contributed by atoms with Crippen molar-refractivity contribution in [2.75, 3.05) is 0 Å². The lowest BCUT2D eigenvalue weighted by Gasteiger charge is -2.14. The summed E-state index contributed by atoms with van der Waals surface area (Å²) >= 11 is 0. The molecule has 0 aliphatic heterocycles. The Morgan fingerprint density at radius 2 is 1.85 bits per heavy atom. The fourth-order valence-electron chi connectivity index (χ4n) is 2.89. The Bertz CT molecular complexity index is 1040. The number of fused-ring (bicyclic) bond motifs is 1. The number of aromatic hydroxyl groups is 1. The van der Waals surface area contributed by atoms with Gasteiger partial charge in [-0.25, -0.2) is 5.43 Å². The van der Waals surface area contributed by atoms with Crippen LogP contribution in [0.15, 0.2) is 64.5 Å². The second-order valence-corrected chi connectivity index (χ2v) is 6.16. The molecule has 0 spiro atoms. The number of benzene rings is 2. The Kier molecular flexibility index (Phi) is 5.66. The smallest absolute Gasteiger partial charge is 0.280 e. The van der Waals surface area contributed by atoms with Gasteiger partial charge in [-0.05, 0) is 24.1 Å². The lowest BCUT2D eigenvalue weighted by Crippen LogP contribution is -2.31. The van der Waals surface area contributed by atoms with Crippen molar-refractivity contribution in [2.45, 2.75) is 26.3 Å². The highest BCUT2D eigenvalue weighted by molar-refractivity contribution is 6.02. The number of carbonyl (C=O) groups excluding carboxylic acids is 1. The standard InChI is InChI=1S/C21H21N3O3/c1-2-3-13-24-17-12-8-7-11-16(17)19(25)18(21(24)27)20(26)23-22-14-15-9-5-4-6-10-15/h4-12,14,25H,2-3,13H2,1H3,(H,23,26). The van der Waals surface area contributed by atoms with Gasteiger partial charge in [0.25, 0.3) is 11.5 Å². The predicted octanol–water partition coefficient (Wildman–Crippen LogP) is 3.27. The molecule has 2 N–H and O–H groups in total. The number of unbranched alkanes of at least 4 members (excludes halogenated alkanes) is 1. The molecular weight excluding hydrogens is 342 g/mol. The fraction of sp³-hybridized carbons (Fsp3) is 0.190. The minimum Gasteiger partial charge on any atom is -0.506 e. The first kappa shape index (κ1) is 18.4. The molecule has 1 amide bonds. The van der Waals surface area contributed by atoms with Gasteiger partial charge in [0.05, 0.1) is 11.7 Å². The van der Waals surface area contributed by atoms with Crippen molar-refractivity contribution < 1.29 is 9.90 Å². The SMILES string of the molecule is CCCCn1c(=O)c(C(=O)NN=Cc2ccccc2)c(O)c2ccccc21. The van der Waals surface area contributed by atoms with Crippen molar-refractivity contribution in [3.05, 3.63) is 76.1 Å². The quantitative estimate of drug-likeness (QED) is 0.521. The van der Waals surface area contributed by atoms with Crippen LogP contribution in [-0.4, -0.2) is 21.8 Å². The highest BCUT2D eigenvalue weighted by Crippen LogP contribution is 2.26. The summed E-state index contributed by atoms with van der Waals surface area (Å²) in [6.45, 7) is 2.50. The molecule has 6 nitrogen and oxygen atoms in total. The van der Waals surface area contributed by atoms with Gasteiger partial charge in [-0.3, -0.25) is 9.59 Å². The second-order valence-electron chi connectivity index (χ2n) is 6.16. The molecule has 138 valence electrons. The molecule has 3 aromatic rings. The highest BCUT2D eigenvalue weighted by Gasteiger charge is 2.21. The fourth-order valence-corrected chi connectivity index (χ4v) is 2.89. The summed E-state index contributed by atoms with van der Waals surface area (Å²) in [5.41, 5.74) is 2.93. The Balaban J connectivity index is 1.99. The monoisotopic (exact) mass is 363 g/mol. The molecule has 0 bridgehead atoms. The lowest BCUT2D eigenvalue weighted by atomic mass is 10.1. The van der Waals surface area contributed by atoms with E-state index in [1.807, 2.05) is 37.3 Å². The van der Waals surface area contributed by atoms with Gasteiger partial charge in [-0.15, -0.1) is 0 Å². The van der Waals surface area contributed by atoms with E-state index >= 15 is 0 Å². The molecule has 0 aliphatic rings. The van der Waals surface area contributed by atoms with E-state index < -0.39 is 11.5 Å². The van der Waals surface area contributed by atoms with Gasteiger partial charge in [0.15, 0.2) is 0 Å².